The van der Waals surface area contributed by atoms with Crippen LogP contribution in [0.3, 0.4) is 0 Å². The average Bonchev–Trinajstić information content (AvgIpc) is 4.07. The first-order valence-corrected chi connectivity index (χ1v) is 23.6. The number of hydrogen-bond donors (Lipinski definition) is 12. The molecule has 2 fully saturated rings. The highest BCUT2D eigenvalue weighted by molar-refractivity contribution is 5.95. The van der Waals surface area contributed by atoms with Crippen molar-refractivity contribution in [3.63, 3.8) is 0 Å². The van der Waals surface area contributed by atoms with Gasteiger partial charge in [0.25, 0.3) is 0 Å². The Labute approximate surface area is 407 Å². The number of nitrogens with two attached hydrogens (primary N) is 3. The largest absolute Gasteiger partial charge is 0.508 e. The normalized spacial score (nSPS) is 23.8. The van der Waals surface area contributed by atoms with E-state index in [9.17, 15) is 57.8 Å². The van der Waals surface area contributed by atoms with Crippen LogP contribution >= 0.6 is 0 Å². The maximum atomic E-state index is 14.0. The first-order chi connectivity index (χ1) is 33.0. The molecule has 0 spiro atoms. The van der Waals surface area contributed by atoms with E-state index in [2.05, 4.69) is 42.5 Å². The molecule has 1 heterocycles. The summed E-state index contributed by atoms with van der Waals surface area (Å²) in [5.74, 6) is -8.67. The van der Waals surface area contributed by atoms with Crippen molar-refractivity contribution < 1.29 is 57.8 Å². The number of hydrogen-bond acceptors (Lipinski definition) is 13. The van der Waals surface area contributed by atoms with Gasteiger partial charge in [0.05, 0.1) is 25.6 Å². The number of nitrogens with one attached hydrogen (secondary N) is 8. The zero-order chi connectivity index (χ0) is 52.2. The van der Waals surface area contributed by atoms with E-state index in [1.54, 1.807) is 26.0 Å². The summed E-state index contributed by atoms with van der Waals surface area (Å²) < 4.78 is 0. The van der Waals surface area contributed by atoms with Crippen molar-refractivity contribution in [1.82, 2.24) is 47.4 Å². The van der Waals surface area contributed by atoms with Crippen LogP contribution in [-0.2, 0) is 59.2 Å². The van der Waals surface area contributed by atoms with Crippen molar-refractivity contribution in [3.8, 4) is 5.75 Å². The highest BCUT2D eigenvalue weighted by Crippen LogP contribution is 2.41. The van der Waals surface area contributed by atoms with Crippen LogP contribution in [0.1, 0.15) is 91.0 Å². The van der Waals surface area contributed by atoms with Gasteiger partial charge in [0, 0.05) is 51.4 Å². The number of rotatable bonds is 20. The Hall–Kier alpha value is -6.85. The smallest absolute Gasteiger partial charge is 0.243 e. The SMILES string of the molecule is CCC(C)C1NC(=O)[C@H](Cc2ccc(O)cc2)NC(=O)CN(C)C(=O)CC[C@@H](C(=O)NCCC2CC2C(=O)N[C@@H](CC(C)C)C(=O)NCC(N)=O)NC(=O)[C@H](CC(N)=O)NC[C@H](CCC(N)=O)NC1=O. The van der Waals surface area contributed by atoms with Gasteiger partial charge >= 0.3 is 0 Å². The molecule has 0 bridgehead atoms. The molecule has 0 radical (unpaired) electrons. The Morgan fingerprint density at radius 1 is 0.814 bits per heavy atom. The molecule has 4 unspecified atom stereocenters. The standard InChI is InChI=1S/C46H72N12O12/c1-6-25(4)40-46(70)53-28(9-13-35(47)60)21-51-32(20-36(48)61)44(68)55-31(12-14-39(64)58(5)23-38(63)54-34(45(69)57-40)18-26-7-10-29(59)11-8-26)42(66)50-16-15-27-19-30(27)41(65)56-33(17-24(2)3)43(67)52-22-37(49)62/h7-8,10-11,24-25,27-28,30-34,40,51,59H,6,9,12-23H2,1-5H3,(H2,47,60)(H2,48,61)(H2,49,62)(H,50,66)(H,52,67)(H,53,70)(H,54,63)(H,55,68)(H,56,65)(H,57,69)/t25?,27?,28-,30?,31-,32-,33-,34-,40?/m0/s1. The Kier molecular flexibility index (Phi) is 23.0. The summed E-state index contributed by atoms with van der Waals surface area (Å²) in [7, 11) is 1.34. The Morgan fingerprint density at radius 3 is 2.10 bits per heavy atom. The Balaban J connectivity index is 1.88. The molecule has 1 aliphatic heterocycles. The van der Waals surface area contributed by atoms with E-state index in [1.807, 2.05) is 13.8 Å². The number of likely N-dealkylation sites (N-methyl/N-ethyl adjacent to an activating group) is 1. The van der Waals surface area contributed by atoms with Crippen LogP contribution in [0.4, 0.5) is 0 Å². The van der Waals surface area contributed by atoms with Crippen LogP contribution in [0.15, 0.2) is 24.3 Å². The molecule has 70 heavy (non-hydrogen) atoms. The van der Waals surface area contributed by atoms with E-state index in [0.29, 0.717) is 31.2 Å². The molecular weight excluding hydrogens is 913 g/mol. The lowest BCUT2D eigenvalue weighted by atomic mass is 9.96. The first-order valence-electron chi connectivity index (χ1n) is 23.6. The van der Waals surface area contributed by atoms with Crippen LogP contribution in [0, 0.1) is 23.7 Å². The van der Waals surface area contributed by atoms with Crippen molar-refractivity contribution in [2.75, 3.05) is 33.2 Å². The van der Waals surface area contributed by atoms with Crippen molar-refractivity contribution in [3.05, 3.63) is 29.8 Å². The van der Waals surface area contributed by atoms with Crippen molar-refractivity contribution >= 4 is 65.0 Å². The van der Waals surface area contributed by atoms with Gasteiger partial charge in [-0.25, -0.2) is 0 Å². The minimum absolute atomic E-state index is 0.0304. The second kappa shape index (κ2) is 28.0. The van der Waals surface area contributed by atoms with Gasteiger partial charge in [-0.2, -0.15) is 0 Å². The van der Waals surface area contributed by atoms with Crippen LogP contribution < -0.4 is 59.7 Å². The molecule has 1 aromatic carbocycles. The lowest BCUT2D eigenvalue weighted by molar-refractivity contribution is -0.137. The van der Waals surface area contributed by atoms with Gasteiger partial charge in [-0.3, -0.25) is 52.7 Å². The monoisotopic (exact) mass is 985 g/mol. The predicted octanol–water partition coefficient (Wildman–Crippen LogP) is -3.45. The number of carbonyl (C=O) groups is 11. The van der Waals surface area contributed by atoms with Crippen LogP contribution in [0.5, 0.6) is 5.75 Å². The molecule has 11 amide bonds. The molecule has 9 atom stereocenters. The summed E-state index contributed by atoms with van der Waals surface area (Å²) in [5.41, 5.74) is 16.7. The average molecular weight is 985 g/mol. The summed E-state index contributed by atoms with van der Waals surface area (Å²) in [6.45, 7) is 6.17. The maximum Gasteiger partial charge on any atom is 0.243 e. The van der Waals surface area contributed by atoms with E-state index < -0.39 is 120 Å². The zero-order valence-electron chi connectivity index (χ0n) is 40.6. The summed E-state index contributed by atoms with van der Waals surface area (Å²) in [5, 5.41) is 31.4. The Morgan fingerprint density at radius 2 is 1.49 bits per heavy atom. The third kappa shape index (κ3) is 20.0. The predicted molar refractivity (Wildman–Crippen MR) is 253 cm³/mol. The van der Waals surface area contributed by atoms with E-state index in [-0.39, 0.29) is 75.2 Å². The molecule has 24 nitrogen and oxygen atoms in total. The lowest BCUT2D eigenvalue weighted by Gasteiger charge is -2.30. The highest BCUT2D eigenvalue weighted by atomic mass is 16.3. The molecule has 15 N–H and O–H groups in total. The fourth-order valence-electron chi connectivity index (χ4n) is 7.82. The fraction of sp³-hybridized carbons (Fsp3) is 0.630. The van der Waals surface area contributed by atoms with Crippen LogP contribution in [0.25, 0.3) is 0 Å². The van der Waals surface area contributed by atoms with E-state index in [0.717, 1.165) is 4.90 Å². The lowest BCUT2D eigenvalue weighted by Crippen LogP contribution is -2.59. The van der Waals surface area contributed by atoms with Gasteiger partial charge in [-0.15, -0.1) is 0 Å². The van der Waals surface area contributed by atoms with Crippen molar-refractivity contribution in [1.29, 1.82) is 0 Å². The second-order valence-corrected chi connectivity index (χ2v) is 18.6. The molecule has 388 valence electrons. The number of primary amides is 3. The third-order valence-electron chi connectivity index (χ3n) is 12.2. The number of carbonyl (C=O) groups excluding carboxylic acids is 11. The van der Waals surface area contributed by atoms with Crippen LogP contribution in [0.2, 0.25) is 0 Å². The molecule has 1 saturated carbocycles. The summed E-state index contributed by atoms with van der Waals surface area (Å²) in [6.07, 6.45) is 0.00514. The number of nitrogens with zero attached hydrogens (tertiary/aromatic N) is 1. The zero-order valence-corrected chi connectivity index (χ0v) is 40.6. The number of amides is 11. The van der Waals surface area contributed by atoms with E-state index in [4.69, 9.17) is 17.2 Å². The number of phenols is 1. The molecular formula is C46H72N12O12. The second-order valence-electron chi connectivity index (χ2n) is 18.6. The molecule has 24 heteroatoms. The number of aromatic hydroxyl groups is 1. The van der Waals surface area contributed by atoms with Crippen molar-refractivity contribution in [2.45, 2.75) is 128 Å². The molecule has 0 aromatic heterocycles. The first kappa shape index (κ1) is 57.5. The molecule has 1 aromatic rings. The van der Waals surface area contributed by atoms with E-state index in [1.165, 1.54) is 19.2 Å². The maximum absolute atomic E-state index is 14.0. The van der Waals surface area contributed by atoms with Gasteiger partial charge in [-0.1, -0.05) is 46.2 Å². The summed E-state index contributed by atoms with van der Waals surface area (Å²) in [6, 6.07) is -1.09. The highest BCUT2D eigenvalue weighted by Gasteiger charge is 2.43. The molecule has 2 aliphatic rings. The van der Waals surface area contributed by atoms with Gasteiger partial charge in [-0.05, 0) is 67.6 Å². The van der Waals surface area contributed by atoms with Gasteiger partial charge in [0.1, 0.15) is 29.9 Å². The summed E-state index contributed by atoms with van der Waals surface area (Å²) >= 11 is 0. The van der Waals surface area contributed by atoms with Crippen molar-refractivity contribution in [2.24, 2.45) is 40.9 Å². The topological polar surface area (TPSA) is 386 Å². The minimum Gasteiger partial charge on any atom is -0.508 e. The molecule has 1 aliphatic carbocycles. The van der Waals surface area contributed by atoms with E-state index >= 15 is 0 Å². The number of benzene rings is 1. The minimum atomic E-state index is -1.39. The Bertz CT molecular complexity index is 2050. The van der Waals surface area contributed by atoms with Crippen LogP contribution in [-0.4, -0.2) is 144 Å². The third-order valence-corrected chi connectivity index (χ3v) is 12.2. The van der Waals surface area contributed by atoms with Gasteiger partial charge in [0.2, 0.25) is 65.0 Å². The van der Waals surface area contributed by atoms with Gasteiger partial charge < -0.3 is 69.7 Å². The molecule has 3 rings (SSSR count). The van der Waals surface area contributed by atoms with Gasteiger partial charge in [0.15, 0.2) is 0 Å². The quantitative estimate of drug-likeness (QED) is 0.0606. The summed E-state index contributed by atoms with van der Waals surface area (Å²) in [4.78, 5) is 145. The molecule has 1 saturated heterocycles. The fourth-order valence-corrected chi connectivity index (χ4v) is 7.82. The number of phenolic OH excluding ortho intramolecular Hbond substituents is 1.